The number of hydrogen-bond acceptors (Lipinski definition) is 2. The first-order valence-electron chi connectivity index (χ1n) is 5.16. The summed E-state index contributed by atoms with van der Waals surface area (Å²) in [6.07, 6.45) is 6.64. The molecule has 2 heteroatoms. The molecule has 1 aromatic rings. The van der Waals surface area contributed by atoms with E-state index in [2.05, 4.69) is 30.1 Å². The Labute approximate surface area is 80.4 Å². The van der Waals surface area contributed by atoms with E-state index in [1.807, 2.05) is 6.07 Å². The van der Waals surface area contributed by atoms with Gasteiger partial charge in [0.1, 0.15) is 0 Å². The molecule has 0 amide bonds. The van der Waals surface area contributed by atoms with Gasteiger partial charge in [-0.1, -0.05) is 26.7 Å². The van der Waals surface area contributed by atoms with Gasteiger partial charge in [0.05, 0.1) is 5.69 Å². The minimum Gasteiger partial charge on any atom is -0.159 e. The Hall–Kier alpha value is -0.920. The summed E-state index contributed by atoms with van der Waals surface area (Å²) >= 11 is 0. The van der Waals surface area contributed by atoms with Crippen LogP contribution in [0.25, 0.3) is 0 Å². The summed E-state index contributed by atoms with van der Waals surface area (Å²) in [5.41, 5.74) is 1.16. The highest BCUT2D eigenvalue weighted by molar-refractivity contribution is 5.05. The van der Waals surface area contributed by atoms with Crippen molar-refractivity contribution in [3.8, 4) is 0 Å². The van der Waals surface area contributed by atoms with E-state index >= 15 is 0 Å². The van der Waals surface area contributed by atoms with Gasteiger partial charge in [-0.25, -0.2) is 0 Å². The minimum absolute atomic E-state index is 0.615. The molecule has 0 saturated carbocycles. The maximum atomic E-state index is 4.17. The Kier molecular flexibility index (Phi) is 4.44. The molecule has 0 bridgehead atoms. The van der Waals surface area contributed by atoms with E-state index in [9.17, 15) is 0 Å². The van der Waals surface area contributed by atoms with Gasteiger partial charge in [-0.05, 0) is 25.0 Å². The van der Waals surface area contributed by atoms with Gasteiger partial charge in [0.25, 0.3) is 0 Å². The second-order valence-corrected chi connectivity index (χ2v) is 3.42. The van der Waals surface area contributed by atoms with Crippen LogP contribution >= 0.6 is 0 Å². The van der Waals surface area contributed by atoms with E-state index in [-0.39, 0.29) is 0 Å². The lowest BCUT2D eigenvalue weighted by molar-refractivity contribution is 0.542. The van der Waals surface area contributed by atoms with Gasteiger partial charge >= 0.3 is 0 Å². The van der Waals surface area contributed by atoms with Crippen molar-refractivity contribution < 1.29 is 0 Å². The van der Waals surface area contributed by atoms with Crippen LogP contribution in [-0.2, 0) is 0 Å². The standard InChI is InChI=1S/C11H18N2/c1-3-6-10(7-4-2)11-8-5-9-12-13-11/h5,8-10H,3-4,6-7H2,1-2H3. The molecule has 72 valence electrons. The van der Waals surface area contributed by atoms with Crippen LogP contribution in [0.2, 0.25) is 0 Å². The maximum absolute atomic E-state index is 4.17. The number of hydrogen-bond donors (Lipinski definition) is 0. The number of aromatic nitrogens is 2. The summed E-state index contributed by atoms with van der Waals surface area (Å²) < 4.78 is 0. The quantitative estimate of drug-likeness (QED) is 0.692. The highest BCUT2D eigenvalue weighted by Crippen LogP contribution is 2.23. The van der Waals surface area contributed by atoms with Gasteiger partial charge in [0.2, 0.25) is 0 Å². The van der Waals surface area contributed by atoms with Gasteiger partial charge in [-0.3, -0.25) is 0 Å². The van der Waals surface area contributed by atoms with E-state index in [1.165, 1.54) is 25.7 Å². The summed E-state index contributed by atoms with van der Waals surface area (Å²) in [6.45, 7) is 4.44. The normalized spacial score (nSPS) is 10.7. The van der Waals surface area contributed by atoms with Crippen molar-refractivity contribution in [2.75, 3.05) is 0 Å². The molecule has 0 fully saturated rings. The van der Waals surface area contributed by atoms with Gasteiger partial charge in [0.15, 0.2) is 0 Å². The van der Waals surface area contributed by atoms with Crippen molar-refractivity contribution in [1.82, 2.24) is 10.2 Å². The Morgan fingerprint density at radius 3 is 2.38 bits per heavy atom. The topological polar surface area (TPSA) is 25.8 Å². The van der Waals surface area contributed by atoms with Crippen molar-refractivity contribution in [2.24, 2.45) is 0 Å². The Morgan fingerprint density at radius 2 is 1.92 bits per heavy atom. The zero-order valence-corrected chi connectivity index (χ0v) is 8.53. The monoisotopic (exact) mass is 178 g/mol. The first-order valence-corrected chi connectivity index (χ1v) is 5.16. The van der Waals surface area contributed by atoms with E-state index in [4.69, 9.17) is 0 Å². The zero-order chi connectivity index (χ0) is 9.52. The predicted octanol–water partition coefficient (Wildman–Crippen LogP) is 3.16. The molecular weight excluding hydrogens is 160 g/mol. The van der Waals surface area contributed by atoms with Crippen LogP contribution in [0.3, 0.4) is 0 Å². The second kappa shape index (κ2) is 5.68. The lowest BCUT2D eigenvalue weighted by Gasteiger charge is -2.12. The smallest absolute Gasteiger partial charge is 0.0661 e. The minimum atomic E-state index is 0.615. The molecule has 2 nitrogen and oxygen atoms in total. The van der Waals surface area contributed by atoms with Crippen LogP contribution in [0.15, 0.2) is 18.3 Å². The molecular formula is C11H18N2. The molecule has 0 saturated heterocycles. The average molecular weight is 178 g/mol. The second-order valence-electron chi connectivity index (χ2n) is 3.42. The molecule has 13 heavy (non-hydrogen) atoms. The maximum Gasteiger partial charge on any atom is 0.0661 e. The summed E-state index contributed by atoms with van der Waals surface area (Å²) in [7, 11) is 0. The zero-order valence-electron chi connectivity index (χ0n) is 8.53. The lowest BCUT2D eigenvalue weighted by Crippen LogP contribution is -2.01. The van der Waals surface area contributed by atoms with Crippen LogP contribution in [0.4, 0.5) is 0 Å². The van der Waals surface area contributed by atoms with Gasteiger partial charge in [0, 0.05) is 12.1 Å². The van der Waals surface area contributed by atoms with Gasteiger partial charge < -0.3 is 0 Å². The molecule has 0 spiro atoms. The van der Waals surface area contributed by atoms with Gasteiger partial charge in [-0.15, -0.1) is 0 Å². The molecule has 0 aliphatic heterocycles. The van der Waals surface area contributed by atoms with E-state index < -0.39 is 0 Å². The fourth-order valence-corrected chi connectivity index (χ4v) is 1.67. The summed E-state index contributed by atoms with van der Waals surface area (Å²) in [6, 6.07) is 4.06. The first kappa shape index (κ1) is 10.2. The molecule has 0 radical (unpaired) electrons. The van der Waals surface area contributed by atoms with Crippen LogP contribution in [0, 0.1) is 0 Å². The third-order valence-corrected chi connectivity index (χ3v) is 2.29. The molecule has 0 atom stereocenters. The fourth-order valence-electron chi connectivity index (χ4n) is 1.67. The largest absolute Gasteiger partial charge is 0.159 e. The van der Waals surface area contributed by atoms with Crippen molar-refractivity contribution in [3.63, 3.8) is 0 Å². The molecule has 1 heterocycles. The first-order chi connectivity index (χ1) is 6.38. The van der Waals surface area contributed by atoms with E-state index in [0.29, 0.717) is 5.92 Å². The van der Waals surface area contributed by atoms with Crippen molar-refractivity contribution >= 4 is 0 Å². The Morgan fingerprint density at radius 1 is 1.23 bits per heavy atom. The predicted molar refractivity (Wildman–Crippen MR) is 54.6 cm³/mol. The highest BCUT2D eigenvalue weighted by atomic mass is 15.1. The summed E-state index contributed by atoms with van der Waals surface area (Å²) in [4.78, 5) is 0. The van der Waals surface area contributed by atoms with Crippen LogP contribution in [-0.4, -0.2) is 10.2 Å². The fraction of sp³-hybridized carbons (Fsp3) is 0.636. The molecule has 1 rings (SSSR count). The lowest BCUT2D eigenvalue weighted by atomic mass is 9.95. The van der Waals surface area contributed by atoms with Crippen molar-refractivity contribution in [3.05, 3.63) is 24.0 Å². The summed E-state index contributed by atoms with van der Waals surface area (Å²) in [5.74, 6) is 0.615. The Bertz CT molecular complexity index is 215. The molecule has 0 N–H and O–H groups in total. The molecule has 0 unspecified atom stereocenters. The van der Waals surface area contributed by atoms with Crippen LogP contribution < -0.4 is 0 Å². The third kappa shape index (κ3) is 3.13. The van der Waals surface area contributed by atoms with E-state index in [1.54, 1.807) is 6.20 Å². The molecule has 0 aromatic carbocycles. The molecule has 0 aliphatic carbocycles. The molecule has 1 aromatic heterocycles. The average Bonchev–Trinajstić information content (AvgIpc) is 2.19. The number of rotatable bonds is 5. The Balaban J connectivity index is 2.64. The third-order valence-electron chi connectivity index (χ3n) is 2.29. The van der Waals surface area contributed by atoms with E-state index in [0.717, 1.165) is 5.69 Å². The molecule has 0 aliphatic rings. The highest BCUT2D eigenvalue weighted by Gasteiger charge is 2.10. The van der Waals surface area contributed by atoms with Crippen LogP contribution in [0.1, 0.15) is 51.1 Å². The van der Waals surface area contributed by atoms with Crippen LogP contribution in [0.5, 0.6) is 0 Å². The van der Waals surface area contributed by atoms with Crippen molar-refractivity contribution in [2.45, 2.75) is 45.4 Å². The summed E-state index contributed by atoms with van der Waals surface area (Å²) in [5, 5.41) is 8.09. The van der Waals surface area contributed by atoms with Crippen molar-refractivity contribution in [1.29, 1.82) is 0 Å². The van der Waals surface area contributed by atoms with Gasteiger partial charge in [-0.2, -0.15) is 10.2 Å². The number of nitrogens with zero attached hydrogens (tertiary/aromatic N) is 2. The SMILES string of the molecule is CCCC(CCC)c1cccnn1.